The first-order valence-corrected chi connectivity index (χ1v) is 5.70. The Morgan fingerprint density at radius 2 is 2.06 bits per heavy atom. The van der Waals surface area contributed by atoms with Crippen molar-refractivity contribution in [3.63, 3.8) is 0 Å². The van der Waals surface area contributed by atoms with Gasteiger partial charge in [-0.25, -0.2) is 4.98 Å². The van der Waals surface area contributed by atoms with Gasteiger partial charge in [0.15, 0.2) is 0 Å². The molecule has 0 saturated heterocycles. The van der Waals surface area contributed by atoms with Crippen LogP contribution in [0.5, 0.6) is 0 Å². The van der Waals surface area contributed by atoms with Gasteiger partial charge in [0.05, 0.1) is 0 Å². The summed E-state index contributed by atoms with van der Waals surface area (Å²) in [5, 5.41) is 3.23. The molecule has 4 heteroatoms. The summed E-state index contributed by atoms with van der Waals surface area (Å²) in [6, 6.07) is 11.6. The van der Waals surface area contributed by atoms with Crippen molar-refractivity contribution in [3.05, 3.63) is 46.4 Å². The third kappa shape index (κ3) is 2.52. The van der Waals surface area contributed by atoms with Gasteiger partial charge >= 0.3 is 0 Å². The van der Waals surface area contributed by atoms with E-state index in [0.29, 0.717) is 5.82 Å². The Kier molecular flexibility index (Phi) is 3.10. The Bertz CT molecular complexity index is 511. The Balaban J connectivity index is 2.30. The molecule has 0 radical (unpaired) electrons. The van der Waals surface area contributed by atoms with Crippen molar-refractivity contribution >= 4 is 33.3 Å². The number of anilines is 3. The molecule has 2 aromatic rings. The van der Waals surface area contributed by atoms with E-state index >= 15 is 0 Å². The van der Waals surface area contributed by atoms with Crippen LogP contribution in [-0.2, 0) is 0 Å². The van der Waals surface area contributed by atoms with Crippen molar-refractivity contribution in [1.29, 1.82) is 0 Å². The lowest BCUT2D eigenvalue weighted by Gasteiger charge is -2.09. The number of hydrogen-bond donors (Lipinski definition) is 2. The molecule has 0 unspecified atom stereocenters. The fraction of sp³-hybridized carbons (Fsp3) is 0.0833. The highest BCUT2D eigenvalue weighted by molar-refractivity contribution is 9.10. The van der Waals surface area contributed by atoms with Gasteiger partial charge in [-0.05, 0) is 36.8 Å². The number of aromatic nitrogens is 1. The highest BCUT2D eigenvalue weighted by Crippen LogP contribution is 2.23. The van der Waals surface area contributed by atoms with Gasteiger partial charge < -0.3 is 11.1 Å². The minimum atomic E-state index is 0.512. The fourth-order valence-corrected chi connectivity index (χ4v) is 1.75. The topological polar surface area (TPSA) is 50.9 Å². The highest BCUT2D eigenvalue weighted by Gasteiger charge is 2.00. The lowest BCUT2D eigenvalue weighted by molar-refractivity contribution is 1.30. The second kappa shape index (κ2) is 4.53. The Morgan fingerprint density at radius 1 is 1.25 bits per heavy atom. The molecule has 0 aliphatic rings. The van der Waals surface area contributed by atoms with E-state index in [1.165, 1.54) is 0 Å². The number of rotatable bonds is 2. The van der Waals surface area contributed by atoms with Crippen molar-refractivity contribution in [3.8, 4) is 0 Å². The number of halogens is 1. The van der Waals surface area contributed by atoms with E-state index in [0.717, 1.165) is 21.5 Å². The van der Waals surface area contributed by atoms with E-state index in [9.17, 15) is 0 Å². The quantitative estimate of drug-likeness (QED) is 0.884. The summed E-state index contributed by atoms with van der Waals surface area (Å²) < 4.78 is 1.03. The number of nitrogens with two attached hydrogens (primary N) is 1. The molecule has 0 bridgehead atoms. The number of hydrogen-bond acceptors (Lipinski definition) is 3. The summed E-state index contributed by atoms with van der Waals surface area (Å²) >= 11 is 3.44. The van der Waals surface area contributed by atoms with E-state index in [-0.39, 0.29) is 0 Å². The average molecular weight is 278 g/mol. The van der Waals surface area contributed by atoms with Crippen LogP contribution in [0.3, 0.4) is 0 Å². The van der Waals surface area contributed by atoms with E-state index in [1.54, 1.807) is 6.07 Å². The Hall–Kier alpha value is -1.55. The van der Waals surface area contributed by atoms with Crippen LogP contribution in [0.25, 0.3) is 0 Å². The van der Waals surface area contributed by atoms with Gasteiger partial charge in [0, 0.05) is 10.2 Å². The summed E-state index contributed by atoms with van der Waals surface area (Å²) in [6.45, 7) is 2.04. The number of nitrogen functional groups attached to an aromatic ring is 1. The molecule has 0 aliphatic heterocycles. The molecule has 0 fully saturated rings. The van der Waals surface area contributed by atoms with E-state index < -0.39 is 0 Å². The molecule has 16 heavy (non-hydrogen) atoms. The Labute approximate surface area is 103 Å². The van der Waals surface area contributed by atoms with Crippen molar-refractivity contribution < 1.29 is 0 Å². The van der Waals surface area contributed by atoms with Crippen LogP contribution in [0, 0.1) is 6.92 Å². The van der Waals surface area contributed by atoms with Crippen molar-refractivity contribution in [2.24, 2.45) is 0 Å². The minimum Gasteiger partial charge on any atom is -0.384 e. The third-order valence-corrected chi connectivity index (χ3v) is 2.73. The summed E-state index contributed by atoms with van der Waals surface area (Å²) in [7, 11) is 0. The van der Waals surface area contributed by atoms with E-state index in [4.69, 9.17) is 5.73 Å². The molecule has 3 N–H and O–H groups in total. The molecule has 0 atom stereocenters. The lowest BCUT2D eigenvalue weighted by Crippen LogP contribution is -1.98. The molecule has 1 heterocycles. The molecule has 82 valence electrons. The lowest BCUT2D eigenvalue weighted by atomic mass is 10.2. The normalized spacial score (nSPS) is 10.1. The maximum atomic E-state index is 5.62. The second-order valence-corrected chi connectivity index (χ2v) is 4.45. The molecule has 0 spiro atoms. The molecule has 3 nitrogen and oxygen atoms in total. The fourth-order valence-electron chi connectivity index (χ4n) is 1.39. The van der Waals surface area contributed by atoms with Gasteiger partial charge in [0.2, 0.25) is 0 Å². The number of benzene rings is 1. The number of nitrogens with zero attached hydrogens (tertiary/aromatic N) is 1. The zero-order valence-electron chi connectivity index (χ0n) is 8.87. The van der Waals surface area contributed by atoms with Gasteiger partial charge in [0.25, 0.3) is 0 Å². The van der Waals surface area contributed by atoms with Crippen LogP contribution in [-0.4, -0.2) is 4.98 Å². The van der Waals surface area contributed by atoms with Gasteiger partial charge in [-0.15, -0.1) is 0 Å². The predicted molar refractivity (Wildman–Crippen MR) is 70.8 cm³/mol. The van der Waals surface area contributed by atoms with Gasteiger partial charge in [-0.1, -0.05) is 28.1 Å². The molecule has 1 aromatic carbocycles. The molecular weight excluding hydrogens is 266 g/mol. The van der Waals surface area contributed by atoms with Crippen LogP contribution in [0.4, 0.5) is 17.3 Å². The molecule has 0 amide bonds. The zero-order valence-corrected chi connectivity index (χ0v) is 10.5. The van der Waals surface area contributed by atoms with E-state index in [2.05, 4.69) is 26.2 Å². The van der Waals surface area contributed by atoms with Crippen molar-refractivity contribution in [1.82, 2.24) is 4.98 Å². The Morgan fingerprint density at radius 3 is 2.81 bits per heavy atom. The molecular formula is C12H12BrN3. The minimum absolute atomic E-state index is 0.512. The maximum Gasteiger partial charge on any atom is 0.132 e. The van der Waals surface area contributed by atoms with Crippen LogP contribution in [0.1, 0.15) is 5.56 Å². The van der Waals surface area contributed by atoms with E-state index in [1.807, 2.05) is 37.3 Å². The molecule has 0 saturated carbocycles. The smallest absolute Gasteiger partial charge is 0.132 e. The number of nitrogens with one attached hydrogen (secondary N) is 1. The largest absolute Gasteiger partial charge is 0.384 e. The summed E-state index contributed by atoms with van der Waals surface area (Å²) in [6.07, 6.45) is 0. The van der Waals surface area contributed by atoms with Crippen molar-refractivity contribution in [2.75, 3.05) is 11.1 Å². The summed E-state index contributed by atoms with van der Waals surface area (Å²) in [4.78, 5) is 4.19. The standard InChI is InChI=1S/C12H12BrN3/c1-8-5-6-9(13)7-10(8)15-12-4-2-3-11(14)16-12/h2-7H,1H3,(H3,14,15,16). The van der Waals surface area contributed by atoms with Gasteiger partial charge in [-0.3, -0.25) is 0 Å². The molecule has 0 aliphatic carbocycles. The van der Waals surface area contributed by atoms with Crippen LogP contribution >= 0.6 is 15.9 Å². The third-order valence-electron chi connectivity index (χ3n) is 2.23. The second-order valence-electron chi connectivity index (χ2n) is 3.53. The summed E-state index contributed by atoms with van der Waals surface area (Å²) in [5.74, 6) is 1.26. The predicted octanol–water partition coefficient (Wildman–Crippen LogP) is 3.48. The monoisotopic (exact) mass is 277 g/mol. The number of pyridine rings is 1. The van der Waals surface area contributed by atoms with Gasteiger partial charge in [-0.2, -0.15) is 0 Å². The first-order chi connectivity index (χ1) is 7.65. The van der Waals surface area contributed by atoms with Crippen LogP contribution in [0.15, 0.2) is 40.9 Å². The SMILES string of the molecule is Cc1ccc(Br)cc1Nc1cccc(N)n1. The average Bonchev–Trinajstić information content (AvgIpc) is 2.24. The first-order valence-electron chi connectivity index (χ1n) is 4.91. The van der Waals surface area contributed by atoms with Gasteiger partial charge in [0.1, 0.15) is 11.6 Å². The van der Waals surface area contributed by atoms with Crippen molar-refractivity contribution in [2.45, 2.75) is 6.92 Å². The zero-order chi connectivity index (χ0) is 11.5. The molecule has 1 aromatic heterocycles. The van der Waals surface area contributed by atoms with Crippen LogP contribution < -0.4 is 11.1 Å². The first kappa shape index (κ1) is 11.0. The summed E-state index contributed by atoms with van der Waals surface area (Å²) in [5.41, 5.74) is 7.80. The molecule has 2 rings (SSSR count). The van der Waals surface area contributed by atoms with Crippen LogP contribution in [0.2, 0.25) is 0 Å². The maximum absolute atomic E-state index is 5.62. The highest BCUT2D eigenvalue weighted by atomic mass is 79.9. The number of aryl methyl sites for hydroxylation is 1.